The Kier molecular flexibility index (Phi) is 4.64. The molecule has 0 aromatic carbocycles. The highest BCUT2D eigenvalue weighted by Gasteiger charge is 2.20. The van der Waals surface area contributed by atoms with E-state index in [9.17, 15) is 0 Å². The van der Waals surface area contributed by atoms with E-state index in [1.807, 2.05) is 18.9 Å². The Morgan fingerprint density at radius 2 is 1.89 bits per heavy atom. The molecule has 0 amide bonds. The Hall–Kier alpha value is -1.65. The van der Waals surface area contributed by atoms with Gasteiger partial charge in [0.05, 0.1) is 11.3 Å². The maximum atomic E-state index is 7.81. The Morgan fingerprint density at radius 1 is 1.28 bits per heavy atom. The highest BCUT2D eigenvalue weighted by molar-refractivity contribution is 6.01. The van der Waals surface area contributed by atoms with Crippen molar-refractivity contribution in [3.05, 3.63) is 16.8 Å². The van der Waals surface area contributed by atoms with Crippen LogP contribution in [0.25, 0.3) is 0 Å². The van der Waals surface area contributed by atoms with Crippen LogP contribution in [0.3, 0.4) is 0 Å². The van der Waals surface area contributed by atoms with Crippen LogP contribution in [0.5, 0.6) is 0 Å². The second-order valence-corrected chi connectivity index (χ2v) is 4.65. The largest absolute Gasteiger partial charge is 0.384 e. The van der Waals surface area contributed by atoms with Crippen LogP contribution in [0.4, 0.5) is 5.82 Å². The molecule has 5 heteroatoms. The van der Waals surface area contributed by atoms with Crippen molar-refractivity contribution < 1.29 is 0 Å². The van der Waals surface area contributed by atoms with Gasteiger partial charge in [-0.25, -0.2) is 0 Å². The number of nitrogen functional groups attached to an aromatic ring is 1. The van der Waals surface area contributed by atoms with Crippen LogP contribution < -0.4 is 10.6 Å². The number of nitrogens with two attached hydrogens (primary N) is 1. The van der Waals surface area contributed by atoms with Gasteiger partial charge in [-0.15, -0.1) is 5.10 Å². The van der Waals surface area contributed by atoms with Gasteiger partial charge in [-0.05, 0) is 32.3 Å². The normalized spacial score (nSPS) is 10.8. The first-order valence-corrected chi connectivity index (χ1v) is 6.39. The number of hydrogen-bond donors (Lipinski definition) is 2. The first-order valence-electron chi connectivity index (χ1n) is 6.39. The Balaban J connectivity index is 3.49. The Bertz CT molecular complexity index is 439. The molecule has 0 fully saturated rings. The van der Waals surface area contributed by atoms with Gasteiger partial charge >= 0.3 is 0 Å². The molecule has 3 N–H and O–H groups in total. The number of nitrogens with zero attached hydrogens (tertiary/aromatic N) is 3. The molecule has 0 bridgehead atoms. The van der Waals surface area contributed by atoms with Crippen molar-refractivity contribution >= 4 is 11.7 Å². The van der Waals surface area contributed by atoms with Crippen LogP contribution in [-0.4, -0.2) is 29.1 Å². The highest BCUT2D eigenvalue weighted by atomic mass is 15.3. The maximum absolute atomic E-state index is 7.81. The topological polar surface area (TPSA) is 78.9 Å². The number of aromatic nitrogens is 2. The molecule has 0 aliphatic heterocycles. The molecule has 100 valence electrons. The lowest BCUT2D eigenvalue weighted by Gasteiger charge is -2.26. The third kappa shape index (κ3) is 2.60. The lowest BCUT2D eigenvalue weighted by molar-refractivity contribution is 0.724. The van der Waals surface area contributed by atoms with Crippen LogP contribution in [0.1, 0.15) is 44.5 Å². The van der Waals surface area contributed by atoms with Gasteiger partial charge in [0.15, 0.2) is 5.82 Å². The number of hydrogen-bond acceptors (Lipinski definition) is 4. The average Bonchev–Trinajstić information content (AvgIpc) is 2.35. The zero-order valence-electron chi connectivity index (χ0n) is 11.9. The van der Waals surface area contributed by atoms with E-state index in [0.717, 1.165) is 29.7 Å². The Labute approximate surface area is 109 Å². The van der Waals surface area contributed by atoms with Gasteiger partial charge in [-0.3, -0.25) is 5.41 Å². The summed E-state index contributed by atoms with van der Waals surface area (Å²) in [5.74, 6) is 0.769. The molecule has 0 radical (unpaired) electrons. The molecule has 0 atom stereocenters. The van der Waals surface area contributed by atoms with E-state index in [1.165, 1.54) is 0 Å². The fraction of sp³-hybridized carbons (Fsp3) is 0.615. The minimum absolute atomic E-state index is 0.0685. The molecule has 5 nitrogen and oxygen atoms in total. The molecule has 0 aliphatic carbocycles. The third-order valence-corrected chi connectivity index (χ3v) is 3.21. The zero-order chi connectivity index (χ0) is 13.9. The lowest BCUT2D eigenvalue weighted by Crippen LogP contribution is -2.31. The number of nitrogens with one attached hydrogen (secondary N) is 1. The summed E-state index contributed by atoms with van der Waals surface area (Å²) < 4.78 is 0. The van der Waals surface area contributed by atoms with E-state index in [0.29, 0.717) is 5.82 Å². The van der Waals surface area contributed by atoms with Gasteiger partial charge in [-0.1, -0.05) is 13.8 Å². The van der Waals surface area contributed by atoms with Crippen molar-refractivity contribution in [2.75, 3.05) is 11.9 Å². The molecule has 1 aromatic heterocycles. The van der Waals surface area contributed by atoms with E-state index in [-0.39, 0.29) is 11.9 Å². The molecule has 0 saturated carbocycles. The molecule has 0 aliphatic rings. The number of rotatable bonds is 5. The number of anilines is 1. The lowest BCUT2D eigenvalue weighted by atomic mass is 10.0. The second kappa shape index (κ2) is 5.80. The SMILES string of the molecule is CCc1nnc(N(C)C(C)C)c(C(=N)N)c1CC. The molecule has 0 unspecified atom stereocenters. The first-order chi connectivity index (χ1) is 8.43. The summed E-state index contributed by atoms with van der Waals surface area (Å²) in [5, 5.41) is 16.3. The molecule has 0 spiro atoms. The van der Waals surface area contributed by atoms with E-state index in [4.69, 9.17) is 11.1 Å². The molecular formula is C13H23N5. The summed E-state index contributed by atoms with van der Waals surface area (Å²) in [4.78, 5) is 2.00. The zero-order valence-corrected chi connectivity index (χ0v) is 11.9. The van der Waals surface area contributed by atoms with Crippen molar-refractivity contribution in [1.29, 1.82) is 5.41 Å². The van der Waals surface area contributed by atoms with Gasteiger partial charge < -0.3 is 10.6 Å². The van der Waals surface area contributed by atoms with Crippen LogP contribution in [-0.2, 0) is 12.8 Å². The summed E-state index contributed by atoms with van der Waals surface area (Å²) in [5.41, 5.74) is 8.46. The van der Waals surface area contributed by atoms with Crippen molar-refractivity contribution in [1.82, 2.24) is 10.2 Å². The van der Waals surface area contributed by atoms with E-state index in [1.54, 1.807) is 0 Å². The van der Waals surface area contributed by atoms with Gasteiger partial charge in [0.25, 0.3) is 0 Å². The van der Waals surface area contributed by atoms with Crippen molar-refractivity contribution in [3.8, 4) is 0 Å². The molecule has 1 heterocycles. The Morgan fingerprint density at radius 3 is 2.28 bits per heavy atom. The maximum Gasteiger partial charge on any atom is 0.162 e. The van der Waals surface area contributed by atoms with Crippen molar-refractivity contribution in [2.45, 2.75) is 46.6 Å². The van der Waals surface area contributed by atoms with Crippen LogP contribution in [0.15, 0.2) is 0 Å². The van der Waals surface area contributed by atoms with E-state index < -0.39 is 0 Å². The molecular weight excluding hydrogens is 226 g/mol. The summed E-state index contributed by atoms with van der Waals surface area (Å²) in [6.45, 7) is 8.25. The highest BCUT2D eigenvalue weighted by Crippen LogP contribution is 2.23. The third-order valence-electron chi connectivity index (χ3n) is 3.21. The van der Waals surface area contributed by atoms with Gasteiger partial charge in [-0.2, -0.15) is 5.10 Å². The van der Waals surface area contributed by atoms with Gasteiger partial charge in [0.2, 0.25) is 0 Å². The first kappa shape index (κ1) is 14.4. The number of aryl methyl sites for hydroxylation is 1. The fourth-order valence-corrected chi connectivity index (χ4v) is 1.94. The fourth-order valence-electron chi connectivity index (χ4n) is 1.94. The summed E-state index contributed by atoms with van der Waals surface area (Å²) in [6, 6.07) is 0.287. The van der Waals surface area contributed by atoms with Gasteiger partial charge in [0, 0.05) is 13.1 Å². The predicted molar refractivity (Wildman–Crippen MR) is 75.3 cm³/mol. The molecule has 18 heavy (non-hydrogen) atoms. The quantitative estimate of drug-likeness (QED) is 0.615. The van der Waals surface area contributed by atoms with Gasteiger partial charge in [0.1, 0.15) is 5.84 Å². The van der Waals surface area contributed by atoms with Crippen LogP contribution >= 0.6 is 0 Å². The minimum Gasteiger partial charge on any atom is -0.384 e. The van der Waals surface area contributed by atoms with Crippen LogP contribution in [0.2, 0.25) is 0 Å². The summed E-state index contributed by atoms with van der Waals surface area (Å²) >= 11 is 0. The van der Waals surface area contributed by atoms with E-state index in [2.05, 4.69) is 31.0 Å². The van der Waals surface area contributed by atoms with Crippen LogP contribution in [0, 0.1) is 5.41 Å². The molecule has 1 aromatic rings. The summed E-state index contributed by atoms with van der Waals surface area (Å²) in [6.07, 6.45) is 1.62. The molecule has 1 rings (SSSR count). The standard InChI is InChI=1S/C13H23N5/c1-6-9-10(7-2)16-17-13(11(9)12(14)15)18(5)8(3)4/h8H,6-7H2,1-5H3,(H3,14,15). The second-order valence-electron chi connectivity index (χ2n) is 4.65. The smallest absolute Gasteiger partial charge is 0.162 e. The number of amidine groups is 1. The van der Waals surface area contributed by atoms with Crippen molar-refractivity contribution in [2.24, 2.45) is 5.73 Å². The minimum atomic E-state index is 0.0685. The molecule has 0 saturated heterocycles. The van der Waals surface area contributed by atoms with Crippen molar-refractivity contribution in [3.63, 3.8) is 0 Å². The average molecular weight is 249 g/mol. The van der Waals surface area contributed by atoms with E-state index >= 15 is 0 Å². The predicted octanol–water partition coefficient (Wildman–Crippen LogP) is 1.73. The summed E-state index contributed by atoms with van der Waals surface area (Å²) in [7, 11) is 1.95. The monoisotopic (exact) mass is 249 g/mol.